The largest absolute Gasteiger partial charge is 0.416 e. The van der Waals surface area contributed by atoms with Crippen LogP contribution in [-0.2, 0) is 9.53 Å². The average molecular weight is 125 g/mol. The van der Waals surface area contributed by atoms with E-state index >= 15 is 0 Å². The Morgan fingerprint density at radius 2 is 2.33 bits per heavy atom. The molecule has 3 nitrogen and oxygen atoms in total. The number of hydrogen-bond acceptors (Lipinski definition) is 3. The SMILES string of the molecule is CC=C(C#N)OC(C)=O. The molecule has 0 N–H and O–H groups in total. The van der Waals surface area contributed by atoms with Gasteiger partial charge in [0, 0.05) is 6.92 Å². The lowest BCUT2D eigenvalue weighted by molar-refractivity contribution is -0.136. The minimum atomic E-state index is -0.468. The molecule has 0 aliphatic heterocycles. The second-order valence-corrected chi connectivity index (χ2v) is 1.36. The van der Waals surface area contributed by atoms with Gasteiger partial charge in [-0.25, -0.2) is 0 Å². The van der Waals surface area contributed by atoms with Crippen molar-refractivity contribution in [2.75, 3.05) is 0 Å². The number of carbonyl (C=O) groups excluding carboxylic acids is 1. The molecule has 0 amide bonds. The van der Waals surface area contributed by atoms with E-state index in [9.17, 15) is 4.79 Å². The van der Waals surface area contributed by atoms with Gasteiger partial charge in [0.15, 0.2) is 0 Å². The summed E-state index contributed by atoms with van der Waals surface area (Å²) in [6.45, 7) is 2.88. The molecule has 0 atom stereocenters. The summed E-state index contributed by atoms with van der Waals surface area (Å²) in [4.78, 5) is 10.2. The highest BCUT2D eigenvalue weighted by atomic mass is 16.5. The van der Waals surface area contributed by atoms with Gasteiger partial charge in [0.1, 0.15) is 6.07 Å². The summed E-state index contributed by atoms with van der Waals surface area (Å²) in [6.07, 6.45) is 1.43. The highest BCUT2D eigenvalue weighted by Crippen LogP contribution is 1.93. The Bertz CT molecular complexity index is 176. The predicted molar refractivity (Wildman–Crippen MR) is 31.1 cm³/mol. The normalized spacial score (nSPS) is 10.1. The fourth-order valence-corrected chi connectivity index (χ4v) is 0.301. The number of nitriles is 1. The molecule has 0 spiro atoms. The van der Waals surface area contributed by atoms with Gasteiger partial charge >= 0.3 is 5.97 Å². The Hall–Kier alpha value is -1.30. The molecule has 0 bridgehead atoms. The zero-order valence-electron chi connectivity index (χ0n) is 5.34. The third-order valence-corrected chi connectivity index (χ3v) is 0.626. The molecule has 0 aromatic carbocycles. The molecular formula is C6H7NO2. The van der Waals surface area contributed by atoms with Gasteiger partial charge in [-0.2, -0.15) is 5.26 Å². The zero-order valence-corrected chi connectivity index (χ0v) is 5.34. The van der Waals surface area contributed by atoms with Crippen LogP contribution in [0.1, 0.15) is 13.8 Å². The fraction of sp³-hybridized carbons (Fsp3) is 0.333. The van der Waals surface area contributed by atoms with Crippen LogP contribution >= 0.6 is 0 Å². The smallest absolute Gasteiger partial charge is 0.308 e. The maximum absolute atomic E-state index is 10.2. The molecule has 0 heterocycles. The maximum atomic E-state index is 10.2. The first-order valence-electron chi connectivity index (χ1n) is 2.45. The van der Waals surface area contributed by atoms with Gasteiger partial charge < -0.3 is 4.74 Å². The zero-order chi connectivity index (χ0) is 7.28. The Labute approximate surface area is 53.5 Å². The van der Waals surface area contributed by atoms with E-state index in [1.807, 2.05) is 0 Å². The van der Waals surface area contributed by atoms with Crippen LogP contribution in [0, 0.1) is 11.3 Å². The van der Waals surface area contributed by atoms with Crippen molar-refractivity contribution in [2.24, 2.45) is 0 Å². The lowest BCUT2D eigenvalue weighted by Gasteiger charge is -1.93. The summed E-state index contributed by atoms with van der Waals surface area (Å²) in [6, 6.07) is 1.70. The van der Waals surface area contributed by atoms with Crippen molar-refractivity contribution in [3.63, 3.8) is 0 Å². The molecule has 0 saturated carbocycles. The first kappa shape index (κ1) is 7.70. The monoisotopic (exact) mass is 125 g/mol. The third kappa shape index (κ3) is 3.30. The molecule has 48 valence electrons. The third-order valence-electron chi connectivity index (χ3n) is 0.626. The van der Waals surface area contributed by atoms with Crippen molar-refractivity contribution in [3.8, 4) is 6.07 Å². The molecule has 9 heavy (non-hydrogen) atoms. The van der Waals surface area contributed by atoms with E-state index in [-0.39, 0.29) is 5.76 Å². The van der Waals surface area contributed by atoms with Crippen molar-refractivity contribution >= 4 is 5.97 Å². The average Bonchev–Trinajstić information content (AvgIpc) is 1.82. The van der Waals surface area contributed by atoms with E-state index in [1.165, 1.54) is 13.0 Å². The summed E-state index contributed by atoms with van der Waals surface area (Å²) in [5.74, 6) is -0.424. The topological polar surface area (TPSA) is 50.1 Å². The van der Waals surface area contributed by atoms with Crippen LogP contribution < -0.4 is 0 Å². The van der Waals surface area contributed by atoms with Gasteiger partial charge in [0.25, 0.3) is 0 Å². The Morgan fingerprint density at radius 3 is 2.44 bits per heavy atom. The summed E-state index contributed by atoms with van der Waals surface area (Å²) in [5.41, 5.74) is 0. The van der Waals surface area contributed by atoms with Gasteiger partial charge in [-0.1, -0.05) is 0 Å². The Morgan fingerprint density at radius 1 is 1.78 bits per heavy atom. The van der Waals surface area contributed by atoms with Crippen LogP contribution in [0.15, 0.2) is 11.8 Å². The minimum Gasteiger partial charge on any atom is -0.416 e. The second-order valence-electron chi connectivity index (χ2n) is 1.36. The van der Waals surface area contributed by atoms with E-state index in [1.54, 1.807) is 13.0 Å². The molecule has 0 fully saturated rings. The van der Waals surface area contributed by atoms with Gasteiger partial charge in [-0.3, -0.25) is 4.79 Å². The molecule has 0 rings (SSSR count). The summed E-state index contributed by atoms with van der Waals surface area (Å²) < 4.78 is 4.41. The van der Waals surface area contributed by atoms with Crippen molar-refractivity contribution in [3.05, 3.63) is 11.8 Å². The molecule has 0 aliphatic carbocycles. The lowest BCUT2D eigenvalue weighted by atomic mass is 10.5. The molecule has 3 heteroatoms. The number of carbonyl (C=O) groups is 1. The van der Waals surface area contributed by atoms with Crippen LogP contribution in [0.3, 0.4) is 0 Å². The first-order valence-corrected chi connectivity index (χ1v) is 2.45. The minimum absolute atomic E-state index is 0.0440. The van der Waals surface area contributed by atoms with Crippen molar-refractivity contribution in [1.82, 2.24) is 0 Å². The Kier molecular flexibility index (Phi) is 3.14. The van der Waals surface area contributed by atoms with Gasteiger partial charge in [0.2, 0.25) is 5.76 Å². The highest BCUT2D eigenvalue weighted by Gasteiger charge is 1.95. The summed E-state index contributed by atoms with van der Waals surface area (Å²) in [5, 5.41) is 8.18. The molecule has 0 unspecified atom stereocenters. The van der Waals surface area contributed by atoms with Crippen LogP contribution in [0.5, 0.6) is 0 Å². The van der Waals surface area contributed by atoms with E-state index in [4.69, 9.17) is 5.26 Å². The van der Waals surface area contributed by atoms with E-state index < -0.39 is 5.97 Å². The van der Waals surface area contributed by atoms with E-state index in [0.29, 0.717) is 0 Å². The van der Waals surface area contributed by atoms with Crippen LogP contribution in [0.4, 0.5) is 0 Å². The van der Waals surface area contributed by atoms with Gasteiger partial charge in [-0.05, 0) is 13.0 Å². The number of nitrogens with zero attached hydrogens (tertiary/aromatic N) is 1. The van der Waals surface area contributed by atoms with Crippen molar-refractivity contribution in [1.29, 1.82) is 5.26 Å². The Balaban J connectivity index is 3.91. The van der Waals surface area contributed by atoms with Crippen LogP contribution in [-0.4, -0.2) is 5.97 Å². The molecule has 0 aromatic heterocycles. The molecule has 0 aliphatic rings. The number of esters is 1. The van der Waals surface area contributed by atoms with Crippen LogP contribution in [0.25, 0.3) is 0 Å². The number of hydrogen-bond donors (Lipinski definition) is 0. The molecule has 0 aromatic rings. The second kappa shape index (κ2) is 3.67. The van der Waals surface area contributed by atoms with Crippen molar-refractivity contribution in [2.45, 2.75) is 13.8 Å². The maximum Gasteiger partial charge on any atom is 0.308 e. The number of ether oxygens (including phenoxy) is 1. The highest BCUT2D eigenvalue weighted by molar-refractivity contribution is 5.67. The predicted octanol–water partition coefficient (Wildman–Crippen LogP) is 0.977. The molecule has 0 radical (unpaired) electrons. The summed E-state index contributed by atoms with van der Waals surface area (Å²) >= 11 is 0. The van der Waals surface area contributed by atoms with E-state index in [2.05, 4.69) is 4.74 Å². The first-order chi connectivity index (χ1) is 4.20. The van der Waals surface area contributed by atoms with Gasteiger partial charge in [-0.15, -0.1) is 0 Å². The fourth-order valence-electron chi connectivity index (χ4n) is 0.301. The van der Waals surface area contributed by atoms with Crippen molar-refractivity contribution < 1.29 is 9.53 Å². The van der Waals surface area contributed by atoms with Crippen LogP contribution in [0.2, 0.25) is 0 Å². The number of rotatable bonds is 1. The summed E-state index contributed by atoms with van der Waals surface area (Å²) in [7, 11) is 0. The standard InChI is InChI=1S/C6H7NO2/c1-3-6(4-7)9-5(2)8/h3H,1-2H3. The van der Waals surface area contributed by atoms with E-state index in [0.717, 1.165) is 0 Å². The quantitative estimate of drug-likeness (QED) is 0.298. The molecule has 0 saturated heterocycles. The number of allylic oxidation sites excluding steroid dienone is 2. The lowest BCUT2D eigenvalue weighted by Crippen LogP contribution is -1.95. The molecular weight excluding hydrogens is 118 g/mol. The van der Waals surface area contributed by atoms with Gasteiger partial charge in [0.05, 0.1) is 0 Å².